The van der Waals surface area contributed by atoms with E-state index in [4.69, 9.17) is 0 Å². The van der Waals surface area contributed by atoms with Gasteiger partial charge >= 0.3 is 0 Å². The van der Waals surface area contributed by atoms with Gasteiger partial charge in [0.15, 0.2) is 0 Å². The van der Waals surface area contributed by atoms with Crippen LogP contribution in [0.5, 0.6) is 0 Å². The van der Waals surface area contributed by atoms with Crippen LogP contribution < -0.4 is 5.32 Å². The molecule has 15 heavy (non-hydrogen) atoms. The topological polar surface area (TPSA) is 29.9 Å². The van der Waals surface area contributed by atoms with Crippen LogP contribution in [0.15, 0.2) is 12.4 Å². The van der Waals surface area contributed by atoms with Gasteiger partial charge in [0, 0.05) is 30.4 Å². The van der Waals surface area contributed by atoms with Gasteiger partial charge in [0.1, 0.15) is 5.82 Å². The van der Waals surface area contributed by atoms with Crippen molar-refractivity contribution in [2.24, 2.45) is 0 Å². The van der Waals surface area contributed by atoms with Crippen molar-refractivity contribution >= 4 is 0 Å². The molecule has 0 saturated carbocycles. The van der Waals surface area contributed by atoms with Gasteiger partial charge in [-0.3, -0.25) is 0 Å². The number of imidazole rings is 1. The molecule has 3 nitrogen and oxygen atoms in total. The third kappa shape index (κ3) is 2.59. The average Bonchev–Trinajstić information content (AvgIpc) is 2.67. The molecule has 0 amide bonds. The molecule has 0 aromatic carbocycles. The van der Waals surface area contributed by atoms with E-state index < -0.39 is 0 Å². The number of hydrogen-bond donors (Lipinski definition) is 1. The maximum Gasteiger partial charge on any atom is 0.111 e. The maximum absolute atomic E-state index is 4.42. The molecule has 0 saturated heterocycles. The Balaban J connectivity index is 2.89. The molecule has 0 radical (unpaired) electrons. The highest BCUT2D eigenvalue weighted by atomic mass is 15.1. The number of likely N-dealkylation sites (N-methyl/N-ethyl adjacent to an activating group) is 1. The predicted octanol–water partition coefficient (Wildman–Crippen LogP) is 2.57. The summed E-state index contributed by atoms with van der Waals surface area (Å²) in [5.41, 5.74) is 0. The first-order valence-corrected chi connectivity index (χ1v) is 5.81. The molecule has 0 spiro atoms. The standard InChI is InChI=1S/C12H23N3/c1-6-11(13-5)10(4)15-8-7-14-12(15)9(2)3/h7-11,13H,6H2,1-5H3. The van der Waals surface area contributed by atoms with E-state index in [0.717, 1.165) is 6.42 Å². The molecule has 3 heteroatoms. The second-order valence-electron chi connectivity index (χ2n) is 4.39. The van der Waals surface area contributed by atoms with E-state index in [2.05, 4.69) is 48.8 Å². The van der Waals surface area contributed by atoms with Crippen molar-refractivity contribution in [1.82, 2.24) is 14.9 Å². The SMILES string of the molecule is CCC(NC)C(C)n1ccnc1C(C)C. The number of hydrogen-bond acceptors (Lipinski definition) is 2. The monoisotopic (exact) mass is 209 g/mol. The Kier molecular flexibility index (Phi) is 4.33. The van der Waals surface area contributed by atoms with Gasteiger partial charge in [0.2, 0.25) is 0 Å². The van der Waals surface area contributed by atoms with Crippen molar-refractivity contribution in [3.8, 4) is 0 Å². The lowest BCUT2D eigenvalue weighted by molar-refractivity contribution is 0.369. The fraction of sp³-hybridized carbons (Fsp3) is 0.750. The zero-order valence-corrected chi connectivity index (χ0v) is 10.5. The van der Waals surface area contributed by atoms with E-state index in [-0.39, 0.29) is 0 Å². The first-order chi connectivity index (χ1) is 7.11. The van der Waals surface area contributed by atoms with Crippen LogP contribution in [0.1, 0.15) is 51.9 Å². The van der Waals surface area contributed by atoms with Crippen molar-refractivity contribution < 1.29 is 0 Å². The minimum atomic E-state index is 0.458. The van der Waals surface area contributed by atoms with Gasteiger partial charge in [0.05, 0.1) is 0 Å². The third-order valence-corrected chi connectivity index (χ3v) is 3.05. The number of nitrogens with zero attached hydrogens (tertiary/aromatic N) is 2. The highest BCUT2D eigenvalue weighted by molar-refractivity contribution is 5.01. The normalized spacial score (nSPS) is 15.6. The number of aromatic nitrogens is 2. The molecule has 2 atom stereocenters. The van der Waals surface area contributed by atoms with Crippen LogP contribution in [0.25, 0.3) is 0 Å². The molecular formula is C12H23N3. The van der Waals surface area contributed by atoms with Crippen LogP contribution in [0.3, 0.4) is 0 Å². The van der Waals surface area contributed by atoms with Gasteiger partial charge in [-0.2, -0.15) is 0 Å². The van der Waals surface area contributed by atoms with E-state index >= 15 is 0 Å². The van der Waals surface area contributed by atoms with Crippen LogP contribution in [-0.2, 0) is 0 Å². The Morgan fingerprint density at radius 3 is 2.53 bits per heavy atom. The predicted molar refractivity (Wildman–Crippen MR) is 64.2 cm³/mol. The molecule has 0 fully saturated rings. The zero-order chi connectivity index (χ0) is 11.4. The summed E-state index contributed by atoms with van der Waals surface area (Å²) < 4.78 is 2.29. The van der Waals surface area contributed by atoms with Gasteiger partial charge in [0.25, 0.3) is 0 Å². The number of nitrogens with one attached hydrogen (secondary N) is 1. The summed E-state index contributed by atoms with van der Waals surface area (Å²) in [4.78, 5) is 4.42. The summed E-state index contributed by atoms with van der Waals surface area (Å²) in [6.45, 7) is 8.83. The summed E-state index contributed by atoms with van der Waals surface area (Å²) in [5, 5.41) is 3.36. The molecule has 0 aliphatic rings. The van der Waals surface area contributed by atoms with Gasteiger partial charge in [-0.25, -0.2) is 4.98 Å². The van der Waals surface area contributed by atoms with Crippen LogP contribution >= 0.6 is 0 Å². The Labute approximate surface area is 92.9 Å². The lowest BCUT2D eigenvalue weighted by Gasteiger charge is -2.25. The summed E-state index contributed by atoms with van der Waals surface area (Å²) in [7, 11) is 2.02. The molecule has 0 bridgehead atoms. The van der Waals surface area contributed by atoms with Crippen molar-refractivity contribution in [3.63, 3.8) is 0 Å². The quantitative estimate of drug-likeness (QED) is 0.807. The molecule has 0 aliphatic carbocycles. The van der Waals surface area contributed by atoms with E-state index in [1.54, 1.807) is 0 Å². The molecule has 1 aromatic rings. The van der Waals surface area contributed by atoms with Gasteiger partial charge in [-0.15, -0.1) is 0 Å². The minimum Gasteiger partial charge on any atom is -0.330 e. The summed E-state index contributed by atoms with van der Waals surface area (Å²) in [5.74, 6) is 1.66. The van der Waals surface area contributed by atoms with Crippen molar-refractivity contribution in [2.75, 3.05) is 7.05 Å². The molecular weight excluding hydrogens is 186 g/mol. The van der Waals surface area contributed by atoms with Crippen LogP contribution in [0.2, 0.25) is 0 Å². The Bertz CT molecular complexity index is 287. The summed E-state index contributed by atoms with van der Waals surface area (Å²) in [6.07, 6.45) is 5.11. The van der Waals surface area contributed by atoms with Crippen LogP contribution in [-0.4, -0.2) is 22.6 Å². The van der Waals surface area contributed by atoms with Crippen molar-refractivity contribution in [2.45, 2.75) is 52.1 Å². The highest BCUT2D eigenvalue weighted by Gasteiger charge is 2.18. The number of rotatable bonds is 5. The van der Waals surface area contributed by atoms with Crippen LogP contribution in [0, 0.1) is 0 Å². The summed E-state index contributed by atoms with van der Waals surface area (Å²) >= 11 is 0. The largest absolute Gasteiger partial charge is 0.330 e. The fourth-order valence-electron chi connectivity index (χ4n) is 2.10. The fourth-order valence-corrected chi connectivity index (χ4v) is 2.10. The Hall–Kier alpha value is -0.830. The smallest absolute Gasteiger partial charge is 0.111 e. The average molecular weight is 209 g/mol. The van der Waals surface area contributed by atoms with Crippen LogP contribution in [0.4, 0.5) is 0 Å². The molecule has 1 rings (SSSR count). The van der Waals surface area contributed by atoms with E-state index in [0.29, 0.717) is 18.0 Å². The van der Waals surface area contributed by atoms with Gasteiger partial charge < -0.3 is 9.88 Å². The Morgan fingerprint density at radius 2 is 2.07 bits per heavy atom. The van der Waals surface area contributed by atoms with E-state index in [1.807, 2.05) is 13.2 Å². The second kappa shape index (κ2) is 5.31. The minimum absolute atomic E-state index is 0.458. The second-order valence-corrected chi connectivity index (χ2v) is 4.39. The molecule has 1 heterocycles. The molecule has 1 N–H and O–H groups in total. The maximum atomic E-state index is 4.42. The highest BCUT2D eigenvalue weighted by Crippen LogP contribution is 2.20. The molecule has 2 unspecified atom stereocenters. The Morgan fingerprint density at radius 1 is 1.40 bits per heavy atom. The van der Waals surface area contributed by atoms with Gasteiger partial charge in [-0.05, 0) is 20.4 Å². The van der Waals surface area contributed by atoms with E-state index in [1.165, 1.54) is 5.82 Å². The first kappa shape index (κ1) is 12.2. The molecule has 86 valence electrons. The first-order valence-electron chi connectivity index (χ1n) is 5.81. The summed E-state index contributed by atoms with van der Waals surface area (Å²) in [6, 6.07) is 0.969. The molecule has 1 aromatic heterocycles. The lowest BCUT2D eigenvalue weighted by atomic mass is 10.1. The van der Waals surface area contributed by atoms with Gasteiger partial charge in [-0.1, -0.05) is 20.8 Å². The lowest BCUT2D eigenvalue weighted by Crippen LogP contribution is -2.33. The zero-order valence-electron chi connectivity index (χ0n) is 10.5. The van der Waals surface area contributed by atoms with Crippen molar-refractivity contribution in [1.29, 1.82) is 0 Å². The molecule has 0 aliphatic heterocycles. The van der Waals surface area contributed by atoms with E-state index in [9.17, 15) is 0 Å². The third-order valence-electron chi connectivity index (χ3n) is 3.05. The van der Waals surface area contributed by atoms with Crippen molar-refractivity contribution in [3.05, 3.63) is 18.2 Å².